The number of benzene rings is 4. The van der Waals surface area contributed by atoms with Crippen LogP contribution in [0.5, 0.6) is 28.7 Å². The molecular weight excluding hydrogens is 1170 g/mol. The fraction of sp³-hybridized carbons (Fsp3) is 0.333. The number of phenolic OH excluding ortho intramolecular Hbond substituents is 1. The van der Waals surface area contributed by atoms with Crippen molar-refractivity contribution in [2.75, 3.05) is 71.0 Å². The van der Waals surface area contributed by atoms with Gasteiger partial charge in [-0.1, -0.05) is 11.3 Å². The molecule has 5 N–H and O–H groups in total. The van der Waals surface area contributed by atoms with Crippen LogP contribution in [0, 0.1) is 0 Å². The molecule has 6 atom stereocenters. The van der Waals surface area contributed by atoms with Crippen molar-refractivity contribution in [1.82, 2.24) is 34.2 Å². The number of likely N-dealkylation sites (N-methyl/N-ethyl adjacent to an activating group) is 1. The summed E-state index contributed by atoms with van der Waals surface area (Å²) in [5.41, 5.74) is 2.56. The summed E-state index contributed by atoms with van der Waals surface area (Å²) in [4.78, 5) is 73.5. The zero-order chi connectivity index (χ0) is 61.0. The lowest BCUT2D eigenvalue weighted by molar-refractivity contribution is -0.277. The third kappa shape index (κ3) is 13.3. The Balaban J connectivity index is 0.862. The highest BCUT2D eigenvalue weighted by Crippen LogP contribution is 2.47. The van der Waals surface area contributed by atoms with Gasteiger partial charge in [0.05, 0.1) is 65.1 Å². The van der Waals surface area contributed by atoms with Gasteiger partial charge < -0.3 is 71.8 Å². The normalized spacial score (nSPS) is 19.3. The summed E-state index contributed by atoms with van der Waals surface area (Å²) in [5.74, 6) is -3.77. The number of carbonyl (C=O) groups excluding carboxylic acids is 5. The van der Waals surface area contributed by atoms with Gasteiger partial charge in [0.25, 0.3) is 23.6 Å². The van der Waals surface area contributed by atoms with Crippen LogP contribution in [0.15, 0.2) is 110 Å². The fourth-order valence-electron chi connectivity index (χ4n) is 9.89. The summed E-state index contributed by atoms with van der Waals surface area (Å²) < 4.78 is 71.6. The fourth-order valence-corrected chi connectivity index (χ4v) is 10.9. The molecule has 7 aromatic rings. The molecule has 0 aliphatic carbocycles. The van der Waals surface area contributed by atoms with Gasteiger partial charge in [-0.15, -0.1) is 25.1 Å². The largest absolute Gasteiger partial charge is 0.508 e. The number of fused-ring (bicyclic) bond motifs is 4. The number of halogens is 1. The molecule has 0 spiro atoms. The van der Waals surface area contributed by atoms with Gasteiger partial charge in [-0.2, -0.15) is 0 Å². The van der Waals surface area contributed by atoms with Crippen LogP contribution in [-0.4, -0.2) is 194 Å². The number of rotatable bonds is 25. The molecule has 29 heteroatoms. The van der Waals surface area contributed by atoms with Gasteiger partial charge in [0, 0.05) is 85.5 Å². The number of carbonyl (C=O) groups is 5. The number of imide groups is 1. The van der Waals surface area contributed by atoms with Crippen molar-refractivity contribution in [3.05, 3.63) is 143 Å². The van der Waals surface area contributed by atoms with Crippen LogP contribution < -0.4 is 22.7 Å². The van der Waals surface area contributed by atoms with E-state index in [-0.39, 0.29) is 105 Å². The second-order valence-electron chi connectivity index (χ2n) is 20.1. The van der Waals surface area contributed by atoms with Gasteiger partial charge in [0.2, 0.25) is 6.29 Å². The molecule has 3 aliphatic heterocycles. The minimum Gasteiger partial charge on any atom is -0.508 e. The van der Waals surface area contributed by atoms with Gasteiger partial charge in [-0.05, 0) is 83.2 Å². The molecule has 452 valence electrons. The van der Waals surface area contributed by atoms with E-state index in [2.05, 4.69) is 15.3 Å². The van der Waals surface area contributed by atoms with E-state index in [1.54, 1.807) is 47.1 Å². The highest BCUT2D eigenvalue weighted by Gasteiger charge is 2.45. The number of nitrogens with zero attached hydrogens (tertiary/aromatic N) is 8. The van der Waals surface area contributed by atoms with E-state index in [4.69, 9.17) is 43.7 Å². The average Bonchev–Trinajstić information content (AvgIpc) is 1.63. The van der Waals surface area contributed by atoms with Crippen LogP contribution in [0.1, 0.15) is 53.9 Å². The van der Waals surface area contributed by atoms with Crippen LogP contribution >= 0.6 is 11.6 Å². The van der Waals surface area contributed by atoms with Gasteiger partial charge >= 0.3 is 10.4 Å². The van der Waals surface area contributed by atoms with E-state index in [1.165, 1.54) is 83.4 Å². The molecular formula is C57H57ClN8O19S. The number of ketones is 1. The standard InChI is InChI=1S/C57H57ClN8O19S/c1-62(15-18-80-19-16-64-28-36(60-61-64)31-81-20-17-65-49(70)13-14-50(65)71)55(75)34-6-11-44(82-57-54(74)53(73)52(72)47(30-67)83-57)46(22-34)85-86(77,78)84-45-24-42-51(40-23-38(79-2)9-10-39(40)45)35(25-58)27-66(42)56(76)41-29-63-26-32(3-12-48(63)59-41)21-43(69)33-4-7-37(68)8-5-33/h3-14,22-24,26,28-29,35,47,52-54,57,67-68,72-74H,15-21,25,27,30-31H2,1-2H3/t35-,47-,52+,53+,54?,57-/m1/s1. The maximum absolute atomic E-state index is 14.6. The summed E-state index contributed by atoms with van der Waals surface area (Å²) in [7, 11) is -2.41. The Bertz CT molecular complexity index is 3840. The molecule has 3 aliphatic rings. The smallest absolute Gasteiger partial charge is 0.501 e. The minimum atomic E-state index is -5.31. The number of Topliss-reactive ketones (excluding diaryl/α,β-unsaturated/α-hetero) is 1. The molecule has 4 amide bonds. The van der Waals surface area contributed by atoms with E-state index in [9.17, 15) is 57.9 Å². The monoisotopic (exact) mass is 1220 g/mol. The van der Waals surface area contributed by atoms with E-state index >= 15 is 0 Å². The number of alkyl halides is 1. The molecule has 1 fully saturated rings. The highest BCUT2D eigenvalue weighted by molar-refractivity contribution is 7.82. The summed E-state index contributed by atoms with van der Waals surface area (Å²) in [5, 5.41) is 60.2. The van der Waals surface area contributed by atoms with Gasteiger partial charge in [0.15, 0.2) is 23.0 Å². The average molecular weight is 1230 g/mol. The topological polar surface area (TPSA) is 343 Å². The second kappa shape index (κ2) is 26.0. The molecule has 10 rings (SSSR count). The van der Waals surface area contributed by atoms with Crippen LogP contribution in [0.25, 0.3) is 16.4 Å². The SMILES string of the molecule is COc1ccc2c(OS(=O)(=O)Oc3cc(C(=O)N(C)CCOCCn4cc(COCCN5C(=O)C=CC5=O)nn4)ccc3O[C@@H]3O[C@H](CO)[C@H](O)[C@H](O)C3O)cc3c(c2c1)[C@H](CCl)CN3C(=O)c1cn2cc(CC(=O)c3ccc(O)cc3)ccc2n1. The number of aromatic hydroxyl groups is 1. The number of aliphatic hydroxyl groups excluding tert-OH is 4. The Morgan fingerprint density at radius 2 is 1.56 bits per heavy atom. The Morgan fingerprint density at radius 1 is 0.814 bits per heavy atom. The van der Waals surface area contributed by atoms with E-state index in [0.29, 0.717) is 39.2 Å². The van der Waals surface area contributed by atoms with Crippen molar-refractivity contribution in [2.45, 2.75) is 56.2 Å². The van der Waals surface area contributed by atoms with Crippen molar-refractivity contribution < 1.29 is 90.0 Å². The number of aromatic nitrogens is 5. The minimum absolute atomic E-state index is 0.00295. The van der Waals surface area contributed by atoms with Crippen LogP contribution in [-0.2, 0) is 53.8 Å². The number of imidazole rings is 1. The molecule has 3 aromatic heterocycles. The van der Waals surface area contributed by atoms with Crippen molar-refractivity contribution in [3.8, 4) is 28.7 Å². The first-order valence-corrected chi connectivity index (χ1v) is 28.6. The quantitative estimate of drug-likeness (QED) is 0.0237. The first kappa shape index (κ1) is 60.5. The Hall–Kier alpha value is -8.58. The number of hydrogen-bond donors (Lipinski definition) is 5. The summed E-state index contributed by atoms with van der Waals surface area (Å²) in [6.07, 6.45) is -1.64. The maximum Gasteiger partial charge on any atom is 0.501 e. The Labute approximate surface area is 494 Å². The van der Waals surface area contributed by atoms with Gasteiger partial charge in [-0.25, -0.2) is 9.67 Å². The summed E-state index contributed by atoms with van der Waals surface area (Å²) in [6.45, 7) is 0.0124. The van der Waals surface area contributed by atoms with Crippen molar-refractivity contribution >= 4 is 73.5 Å². The molecule has 0 bridgehead atoms. The Morgan fingerprint density at radius 3 is 2.30 bits per heavy atom. The number of hydrogen-bond acceptors (Lipinski definition) is 22. The molecule has 6 heterocycles. The lowest BCUT2D eigenvalue weighted by Crippen LogP contribution is -2.60. The second-order valence-corrected chi connectivity index (χ2v) is 21.6. The molecule has 86 heavy (non-hydrogen) atoms. The van der Waals surface area contributed by atoms with Gasteiger partial charge in [0.1, 0.15) is 52.9 Å². The van der Waals surface area contributed by atoms with Gasteiger partial charge in [-0.3, -0.25) is 28.9 Å². The number of amides is 4. The first-order chi connectivity index (χ1) is 41.3. The maximum atomic E-state index is 14.6. The van der Waals surface area contributed by atoms with Crippen molar-refractivity contribution in [3.63, 3.8) is 0 Å². The van der Waals surface area contributed by atoms with Crippen molar-refractivity contribution in [1.29, 1.82) is 0 Å². The summed E-state index contributed by atoms with van der Waals surface area (Å²) in [6, 6.07) is 18.8. The van der Waals surface area contributed by atoms with Crippen LogP contribution in [0.4, 0.5) is 5.69 Å². The highest BCUT2D eigenvalue weighted by atomic mass is 35.5. The lowest BCUT2D eigenvalue weighted by atomic mass is 9.95. The zero-order valence-corrected chi connectivity index (χ0v) is 47.5. The third-order valence-corrected chi connectivity index (χ3v) is 15.5. The number of aliphatic hydroxyl groups is 4. The predicted octanol–water partition coefficient (Wildman–Crippen LogP) is 2.31. The van der Waals surface area contributed by atoms with Crippen LogP contribution in [0.3, 0.4) is 0 Å². The van der Waals surface area contributed by atoms with E-state index in [0.717, 1.165) is 17.0 Å². The Kier molecular flexibility index (Phi) is 18.3. The molecule has 4 aromatic carbocycles. The number of pyridine rings is 1. The number of methoxy groups -OCH3 is 1. The number of anilines is 1. The van der Waals surface area contributed by atoms with E-state index < -0.39 is 88.8 Å². The van der Waals surface area contributed by atoms with E-state index in [1.807, 2.05) is 0 Å². The van der Waals surface area contributed by atoms with Crippen LogP contribution in [0.2, 0.25) is 0 Å². The third-order valence-electron chi connectivity index (χ3n) is 14.4. The zero-order valence-electron chi connectivity index (χ0n) is 46.0. The molecule has 0 radical (unpaired) electrons. The molecule has 27 nitrogen and oxygen atoms in total. The lowest BCUT2D eigenvalue weighted by Gasteiger charge is -2.39. The first-order valence-electron chi connectivity index (χ1n) is 26.7. The predicted molar refractivity (Wildman–Crippen MR) is 301 cm³/mol. The van der Waals surface area contributed by atoms with Crippen molar-refractivity contribution in [2.24, 2.45) is 0 Å². The molecule has 1 unspecified atom stereocenters. The molecule has 0 saturated carbocycles. The number of phenols is 1. The number of ether oxygens (including phenoxy) is 5. The summed E-state index contributed by atoms with van der Waals surface area (Å²) >= 11 is 6.60. The molecule has 1 saturated heterocycles.